The highest BCUT2D eigenvalue weighted by Crippen LogP contribution is 2.30. The fourth-order valence-corrected chi connectivity index (χ4v) is 3.49. The van der Waals surface area contributed by atoms with Crippen molar-refractivity contribution in [2.24, 2.45) is 5.73 Å². The van der Waals surface area contributed by atoms with E-state index in [9.17, 15) is 4.79 Å². The standard InChI is InChI=1S/C21H20N4O/c22-20(26)18-8-4-10-19-17(18)9-5-11-25(19)14-15-12-23-21(24-13-15)16-6-2-1-3-7-16/h1-4,6-8,10,12-13H,5,9,11,14H2,(H2,22,26). The van der Waals surface area contributed by atoms with Crippen molar-refractivity contribution < 1.29 is 4.79 Å². The number of benzene rings is 2. The van der Waals surface area contributed by atoms with Crippen molar-refractivity contribution in [1.29, 1.82) is 0 Å². The Hall–Kier alpha value is -3.21. The normalized spacial score (nSPS) is 13.3. The zero-order valence-electron chi connectivity index (χ0n) is 14.4. The number of nitrogens with zero attached hydrogens (tertiary/aromatic N) is 3. The van der Waals surface area contributed by atoms with E-state index in [1.807, 2.05) is 54.9 Å². The molecule has 0 bridgehead atoms. The number of carbonyl (C=O) groups excluding carboxylic acids is 1. The van der Waals surface area contributed by atoms with E-state index in [4.69, 9.17) is 5.73 Å². The van der Waals surface area contributed by atoms with Crippen LogP contribution in [0.15, 0.2) is 60.9 Å². The van der Waals surface area contributed by atoms with E-state index in [0.717, 1.165) is 47.6 Å². The number of fused-ring (bicyclic) bond motifs is 1. The fraction of sp³-hybridized carbons (Fsp3) is 0.190. The number of carbonyl (C=O) groups is 1. The molecule has 5 nitrogen and oxygen atoms in total. The summed E-state index contributed by atoms with van der Waals surface area (Å²) in [5.41, 5.74) is 10.3. The number of hydrogen-bond acceptors (Lipinski definition) is 4. The molecule has 0 saturated heterocycles. The maximum Gasteiger partial charge on any atom is 0.249 e. The summed E-state index contributed by atoms with van der Waals surface area (Å²) in [4.78, 5) is 23.0. The first-order valence-corrected chi connectivity index (χ1v) is 8.75. The summed E-state index contributed by atoms with van der Waals surface area (Å²) in [6, 6.07) is 15.7. The third-order valence-corrected chi connectivity index (χ3v) is 4.72. The van der Waals surface area contributed by atoms with Crippen molar-refractivity contribution in [3.05, 3.63) is 77.6 Å². The maximum absolute atomic E-state index is 11.7. The van der Waals surface area contributed by atoms with Gasteiger partial charge in [0.05, 0.1) is 0 Å². The quantitative estimate of drug-likeness (QED) is 0.789. The zero-order chi connectivity index (χ0) is 17.9. The number of anilines is 1. The van der Waals surface area contributed by atoms with Crippen LogP contribution >= 0.6 is 0 Å². The molecule has 2 N–H and O–H groups in total. The summed E-state index contributed by atoms with van der Waals surface area (Å²) in [5.74, 6) is 0.364. The van der Waals surface area contributed by atoms with Crippen molar-refractivity contribution >= 4 is 11.6 Å². The van der Waals surface area contributed by atoms with Crippen LogP contribution in [0.25, 0.3) is 11.4 Å². The molecule has 26 heavy (non-hydrogen) atoms. The van der Waals surface area contributed by atoms with E-state index in [1.165, 1.54) is 0 Å². The highest BCUT2D eigenvalue weighted by molar-refractivity contribution is 5.96. The Kier molecular flexibility index (Phi) is 4.35. The first kappa shape index (κ1) is 16.3. The molecule has 0 saturated carbocycles. The number of nitrogens with two attached hydrogens (primary N) is 1. The predicted octanol–water partition coefficient (Wildman–Crippen LogP) is 3.20. The van der Waals surface area contributed by atoms with Crippen LogP contribution in [0.4, 0.5) is 5.69 Å². The SMILES string of the molecule is NC(=O)c1cccc2c1CCCN2Cc1cnc(-c2ccccc2)nc1. The molecule has 130 valence electrons. The molecule has 2 heterocycles. The van der Waals surface area contributed by atoms with E-state index < -0.39 is 0 Å². The Balaban J connectivity index is 1.58. The van der Waals surface area contributed by atoms with E-state index >= 15 is 0 Å². The van der Waals surface area contributed by atoms with Gasteiger partial charge >= 0.3 is 0 Å². The van der Waals surface area contributed by atoms with Crippen molar-refractivity contribution in [3.63, 3.8) is 0 Å². The number of primary amides is 1. The first-order chi connectivity index (χ1) is 12.7. The second-order valence-corrected chi connectivity index (χ2v) is 6.47. The average Bonchev–Trinajstić information content (AvgIpc) is 2.69. The van der Waals surface area contributed by atoms with Gasteiger partial charge in [-0.3, -0.25) is 4.79 Å². The third kappa shape index (κ3) is 3.16. The monoisotopic (exact) mass is 344 g/mol. The summed E-state index contributed by atoms with van der Waals surface area (Å²) in [5, 5.41) is 0. The van der Waals surface area contributed by atoms with Crippen LogP contribution in [-0.2, 0) is 13.0 Å². The minimum Gasteiger partial charge on any atom is -0.367 e. The van der Waals surface area contributed by atoms with Gasteiger partial charge in [-0.2, -0.15) is 0 Å². The summed E-state index contributed by atoms with van der Waals surface area (Å²) in [6.07, 6.45) is 5.64. The number of amides is 1. The maximum atomic E-state index is 11.7. The van der Waals surface area contributed by atoms with E-state index in [2.05, 4.69) is 20.9 Å². The molecule has 1 aliphatic rings. The fourth-order valence-electron chi connectivity index (χ4n) is 3.49. The van der Waals surface area contributed by atoms with Crippen LogP contribution in [0.3, 0.4) is 0 Å². The molecule has 1 aliphatic heterocycles. The minimum atomic E-state index is -0.362. The Morgan fingerprint density at radius 1 is 1.04 bits per heavy atom. The Labute approximate surface area is 152 Å². The van der Waals surface area contributed by atoms with Crippen molar-refractivity contribution in [2.45, 2.75) is 19.4 Å². The second-order valence-electron chi connectivity index (χ2n) is 6.47. The lowest BCUT2D eigenvalue weighted by atomic mass is 9.95. The smallest absolute Gasteiger partial charge is 0.249 e. The van der Waals surface area contributed by atoms with Gasteiger partial charge in [-0.1, -0.05) is 36.4 Å². The molecule has 0 radical (unpaired) electrons. The van der Waals surface area contributed by atoms with Gasteiger partial charge in [0.15, 0.2) is 5.82 Å². The molecule has 5 heteroatoms. The zero-order valence-corrected chi connectivity index (χ0v) is 14.4. The molecule has 2 aromatic carbocycles. The van der Waals surface area contributed by atoms with Crippen LogP contribution in [0, 0.1) is 0 Å². The number of rotatable bonds is 4. The Bertz CT molecular complexity index is 923. The topological polar surface area (TPSA) is 72.1 Å². The van der Waals surface area contributed by atoms with Gasteiger partial charge in [0.2, 0.25) is 5.91 Å². The molecular weight excluding hydrogens is 324 g/mol. The molecule has 4 rings (SSSR count). The Morgan fingerprint density at radius 2 is 1.81 bits per heavy atom. The van der Waals surface area contributed by atoms with Crippen molar-refractivity contribution in [2.75, 3.05) is 11.4 Å². The largest absolute Gasteiger partial charge is 0.367 e. The summed E-state index contributed by atoms with van der Waals surface area (Å²) < 4.78 is 0. The molecule has 1 aromatic heterocycles. The number of aromatic nitrogens is 2. The van der Waals surface area contributed by atoms with Crippen LogP contribution in [0.1, 0.15) is 27.9 Å². The molecule has 0 unspecified atom stereocenters. The lowest BCUT2D eigenvalue weighted by Crippen LogP contribution is -2.30. The van der Waals surface area contributed by atoms with Gasteiger partial charge < -0.3 is 10.6 Å². The molecule has 0 spiro atoms. The van der Waals surface area contributed by atoms with E-state index in [0.29, 0.717) is 12.1 Å². The highest BCUT2D eigenvalue weighted by Gasteiger charge is 2.21. The van der Waals surface area contributed by atoms with Gasteiger partial charge in [0.25, 0.3) is 0 Å². The van der Waals surface area contributed by atoms with Gasteiger partial charge in [-0.05, 0) is 30.5 Å². The number of hydrogen-bond donors (Lipinski definition) is 1. The predicted molar refractivity (Wildman–Crippen MR) is 102 cm³/mol. The van der Waals surface area contributed by atoms with Crippen LogP contribution in [0.2, 0.25) is 0 Å². The molecule has 3 aromatic rings. The van der Waals surface area contributed by atoms with Gasteiger partial charge in [0, 0.05) is 47.9 Å². The summed E-state index contributed by atoms with van der Waals surface area (Å²) in [7, 11) is 0. The lowest BCUT2D eigenvalue weighted by molar-refractivity contribution is 0.0999. The molecule has 0 aliphatic carbocycles. The summed E-state index contributed by atoms with van der Waals surface area (Å²) >= 11 is 0. The van der Waals surface area contributed by atoms with Crippen LogP contribution in [-0.4, -0.2) is 22.4 Å². The van der Waals surface area contributed by atoms with Crippen molar-refractivity contribution in [1.82, 2.24) is 9.97 Å². The van der Waals surface area contributed by atoms with Gasteiger partial charge in [-0.15, -0.1) is 0 Å². The van der Waals surface area contributed by atoms with Gasteiger partial charge in [-0.25, -0.2) is 9.97 Å². The second kappa shape index (κ2) is 6.96. The third-order valence-electron chi connectivity index (χ3n) is 4.72. The molecular formula is C21H20N4O. The molecule has 0 fully saturated rings. The first-order valence-electron chi connectivity index (χ1n) is 8.75. The Morgan fingerprint density at radius 3 is 2.54 bits per heavy atom. The minimum absolute atomic E-state index is 0.362. The highest BCUT2D eigenvalue weighted by atomic mass is 16.1. The van der Waals surface area contributed by atoms with Gasteiger partial charge in [0.1, 0.15) is 0 Å². The van der Waals surface area contributed by atoms with Crippen LogP contribution < -0.4 is 10.6 Å². The van der Waals surface area contributed by atoms with Crippen LogP contribution in [0.5, 0.6) is 0 Å². The molecule has 1 amide bonds. The molecule has 0 atom stereocenters. The lowest BCUT2D eigenvalue weighted by Gasteiger charge is -2.32. The van der Waals surface area contributed by atoms with E-state index in [-0.39, 0.29) is 5.91 Å². The summed E-state index contributed by atoms with van der Waals surface area (Å²) in [6.45, 7) is 1.65. The van der Waals surface area contributed by atoms with Crippen molar-refractivity contribution in [3.8, 4) is 11.4 Å². The average molecular weight is 344 g/mol. The van der Waals surface area contributed by atoms with E-state index in [1.54, 1.807) is 0 Å².